The summed E-state index contributed by atoms with van der Waals surface area (Å²) in [6.45, 7) is 11.0. The number of nitrogens with zero attached hydrogens (tertiary/aromatic N) is 3. The van der Waals surface area contributed by atoms with E-state index in [1.807, 2.05) is 0 Å². The third-order valence-corrected chi connectivity index (χ3v) is 4.91. The fraction of sp³-hybridized carbons (Fsp3) is 0.350. The zero-order chi connectivity index (χ0) is 16.7. The first kappa shape index (κ1) is 15.6. The SMILES string of the molecule is Cc1cc(C)c(-[n+]2ccccc2C)c(C)c1N1C=CN(C)[C@H]1C. The van der Waals surface area contributed by atoms with Crippen LogP contribution in [0.4, 0.5) is 5.69 Å². The molecule has 1 aliphatic rings. The molecule has 1 aromatic carbocycles. The van der Waals surface area contributed by atoms with Crippen LogP contribution in [0, 0.1) is 27.7 Å². The van der Waals surface area contributed by atoms with E-state index in [1.54, 1.807) is 0 Å². The van der Waals surface area contributed by atoms with Gasteiger partial charge in [0.1, 0.15) is 6.17 Å². The molecule has 0 fully saturated rings. The molecule has 2 heterocycles. The summed E-state index contributed by atoms with van der Waals surface area (Å²) in [5.74, 6) is 0. The maximum absolute atomic E-state index is 2.37. The number of hydrogen-bond acceptors (Lipinski definition) is 2. The van der Waals surface area contributed by atoms with E-state index in [2.05, 4.69) is 98.9 Å². The van der Waals surface area contributed by atoms with E-state index in [1.165, 1.54) is 33.8 Å². The summed E-state index contributed by atoms with van der Waals surface area (Å²) in [6.07, 6.45) is 6.81. The van der Waals surface area contributed by atoms with Crippen LogP contribution in [0.1, 0.15) is 29.3 Å². The highest BCUT2D eigenvalue weighted by Gasteiger charge is 2.27. The van der Waals surface area contributed by atoms with Gasteiger partial charge in [-0.1, -0.05) is 6.07 Å². The van der Waals surface area contributed by atoms with Crippen molar-refractivity contribution < 1.29 is 4.57 Å². The molecule has 0 N–H and O–H groups in total. The summed E-state index contributed by atoms with van der Waals surface area (Å²) in [6, 6.07) is 8.64. The standard InChI is InChI=1S/C20H26N3/c1-14-13-15(2)20(23-12-11-21(6)18(23)5)17(4)19(14)22-10-8-7-9-16(22)3/h7-13,18H,1-6H3/q+1/t18-/m1/s1. The second kappa shape index (κ2) is 5.73. The zero-order valence-corrected chi connectivity index (χ0v) is 15.0. The van der Waals surface area contributed by atoms with Crippen molar-refractivity contribution in [2.75, 3.05) is 11.9 Å². The van der Waals surface area contributed by atoms with Crippen molar-refractivity contribution in [3.8, 4) is 5.69 Å². The molecule has 1 atom stereocenters. The maximum Gasteiger partial charge on any atom is 0.218 e. The Morgan fingerprint density at radius 1 is 1.00 bits per heavy atom. The molecule has 120 valence electrons. The molecule has 0 amide bonds. The molecular formula is C20H26N3+. The van der Waals surface area contributed by atoms with E-state index in [0.29, 0.717) is 6.17 Å². The maximum atomic E-state index is 2.37. The summed E-state index contributed by atoms with van der Waals surface area (Å²) in [4.78, 5) is 4.60. The first-order valence-electron chi connectivity index (χ1n) is 8.19. The van der Waals surface area contributed by atoms with Gasteiger partial charge >= 0.3 is 0 Å². The number of rotatable bonds is 2. The van der Waals surface area contributed by atoms with Crippen molar-refractivity contribution in [3.63, 3.8) is 0 Å². The molecule has 0 unspecified atom stereocenters. The summed E-state index contributed by atoms with van der Waals surface area (Å²) < 4.78 is 2.29. The molecule has 23 heavy (non-hydrogen) atoms. The van der Waals surface area contributed by atoms with Crippen LogP contribution in [0.5, 0.6) is 0 Å². The molecule has 0 radical (unpaired) electrons. The Bertz CT molecular complexity index is 777. The van der Waals surface area contributed by atoms with Gasteiger partial charge in [-0.3, -0.25) is 0 Å². The quantitative estimate of drug-likeness (QED) is 0.782. The van der Waals surface area contributed by atoms with Crippen LogP contribution in [-0.4, -0.2) is 18.1 Å². The monoisotopic (exact) mass is 308 g/mol. The highest BCUT2D eigenvalue weighted by molar-refractivity contribution is 5.68. The zero-order valence-electron chi connectivity index (χ0n) is 15.0. The summed E-state index contributed by atoms with van der Waals surface area (Å²) >= 11 is 0. The minimum atomic E-state index is 0.338. The molecule has 0 saturated carbocycles. The van der Waals surface area contributed by atoms with E-state index in [9.17, 15) is 0 Å². The summed E-state index contributed by atoms with van der Waals surface area (Å²) in [5, 5.41) is 0. The highest BCUT2D eigenvalue weighted by Crippen LogP contribution is 2.34. The van der Waals surface area contributed by atoms with E-state index < -0.39 is 0 Å². The Kier molecular flexibility index (Phi) is 3.88. The number of hydrogen-bond donors (Lipinski definition) is 0. The minimum absolute atomic E-state index is 0.338. The second-order valence-corrected chi connectivity index (χ2v) is 6.55. The van der Waals surface area contributed by atoms with Crippen LogP contribution in [0.3, 0.4) is 0 Å². The molecule has 3 nitrogen and oxygen atoms in total. The van der Waals surface area contributed by atoms with Crippen LogP contribution >= 0.6 is 0 Å². The van der Waals surface area contributed by atoms with Crippen molar-refractivity contribution >= 4 is 5.69 Å². The fourth-order valence-corrected chi connectivity index (χ4v) is 3.60. The first-order valence-corrected chi connectivity index (χ1v) is 8.19. The van der Waals surface area contributed by atoms with Crippen molar-refractivity contribution in [2.45, 2.75) is 40.8 Å². The van der Waals surface area contributed by atoms with Gasteiger partial charge in [0, 0.05) is 49.6 Å². The number of benzene rings is 1. The molecule has 3 rings (SSSR count). The van der Waals surface area contributed by atoms with Crippen LogP contribution in [0.25, 0.3) is 5.69 Å². The Labute approximate surface area is 139 Å². The lowest BCUT2D eigenvalue weighted by Crippen LogP contribution is -2.38. The lowest BCUT2D eigenvalue weighted by Gasteiger charge is -2.30. The van der Waals surface area contributed by atoms with Gasteiger partial charge in [0.15, 0.2) is 11.9 Å². The summed E-state index contributed by atoms with van der Waals surface area (Å²) in [7, 11) is 2.12. The molecule has 1 aliphatic heterocycles. The van der Waals surface area contributed by atoms with Gasteiger partial charge < -0.3 is 9.80 Å². The van der Waals surface area contributed by atoms with Crippen molar-refractivity contribution in [2.24, 2.45) is 0 Å². The van der Waals surface area contributed by atoms with Crippen LogP contribution in [-0.2, 0) is 0 Å². The van der Waals surface area contributed by atoms with Gasteiger partial charge in [0.25, 0.3) is 0 Å². The number of pyridine rings is 1. The van der Waals surface area contributed by atoms with Crippen LogP contribution in [0.15, 0.2) is 42.9 Å². The molecule has 0 spiro atoms. The fourth-order valence-electron chi connectivity index (χ4n) is 3.60. The predicted molar refractivity (Wildman–Crippen MR) is 95.8 cm³/mol. The van der Waals surface area contributed by atoms with Gasteiger partial charge in [-0.25, -0.2) is 0 Å². The smallest absolute Gasteiger partial charge is 0.218 e. The predicted octanol–water partition coefficient (Wildman–Crippen LogP) is 3.77. The topological polar surface area (TPSA) is 10.4 Å². The first-order chi connectivity index (χ1) is 10.9. The molecule has 0 aliphatic carbocycles. The van der Waals surface area contributed by atoms with Crippen LogP contribution < -0.4 is 9.47 Å². The van der Waals surface area contributed by atoms with Crippen LogP contribution in [0.2, 0.25) is 0 Å². The Hall–Kier alpha value is -2.29. The lowest BCUT2D eigenvalue weighted by molar-refractivity contribution is -0.603. The third-order valence-electron chi connectivity index (χ3n) is 4.91. The Morgan fingerprint density at radius 2 is 1.74 bits per heavy atom. The van der Waals surface area contributed by atoms with Crippen molar-refractivity contribution in [1.29, 1.82) is 0 Å². The van der Waals surface area contributed by atoms with E-state index in [-0.39, 0.29) is 0 Å². The van der Waals surface area contributed by atoms with Gasteiger partial charge in [-0.05, 0) is 39.3 Å². The summed E-state index contributed by atoms with van der Waals surface area (Å²) in [5.41, 5.74) is 7.81. The van der Waals surface area contributed by atoms with Crippen molar-refractivity contribution in [3.05, 3.63) is 65.2 Å². The van der Waals surface area contributed by atoms with Gasteiger partial charge in [0.05, 0.1) is 5.69 Å². The Morgan fingerprint density at radius 3 is 2.35 bits per heavy atom. The lowest BCUT2D eigenvalue weighted by atomic mass is 10.00. The molecule has 0 bridgehead atoms. The minimum Gasteiger partial charge on any atom is -0.359 e. The average Bonchev–Trinajstić information content (AvgIpc) is 2.81. The highest BCUT2D eigenvalue weighted by atomic mass is 15.4. The number of aromatic nitrogens is 1. The number of anilines is 1. The van der Waals surface area contributed by atoms with Crippen molar-refractivity contribution in [1.82, 2.24) is 4.90 Å². The average molecular weight is 308 g/mol. The molecule has 0 saturated heterocycles. The van der Waals surface area contributed by atoms with E-state index in [0.717, 1.165) is 0 Å². The van der Waals surface area contributed by atoms with Gasteiger partial charge in [-0.2, -0.15) is 4.57 Å². The van der Waals surface area contributed by atoms with E-state index in [4.69, 9.17) is 0 Å². The third kappa shape index (κ3) is 2.50. The Balaban J connectivity index is 2.22. The second-order valence-electron chi connectivity index (χ2n) is 6.55. The molecule has 2 aromatic rings. The number of aryl methyl sites for hydroxylation is 3. The van der Waals surface area contributed by atoms with Gasteiger partial charge in [0.2, 0.25) is 5.69 Å². The normalized spacial score (nSPS) is 17.2. The van der Waals surface area contributed by atoms with E-state index >= 15 is 0 Å². The largest absolute Gasteiger partial charge is 0.359 e. The van der Waals surface area contributed by atoms with Gasteiger partial charge in [-0.15, -0.1) is 0 Å². The molecule has 1 aromatic heterocycles. The molecular weight excluding hydrogens is 282 g/mol. The molecule has 3 heteroatoms.